The second-order valence-corrected chi connectivity index (χ2v) is 13.5. The van der Waals surface area contributed by atoms with Crippen molar-refractivity contribution in [3.63, 3.8) is 0 Å². The largest absolute Gasteiger partial charge is 0.0654 e. The first kappa shape index (κ1) is 39.0. The van der Waals surface area contributed by atoms with Gasteiger partial charge in [0.1, 0.15) is 0 Å². The van der Waals surface area contributed by atoms with Gasteiger partial charge < -0.3 is 0 Å². The van der Waals surface area contributed by atoms with Gasteiger partial charge in [0.25, 0.3) is 0 Å². The van der Waals surface area contributed by atoms with Gasteiger partial charge in [0.2, 0.25) is 0 Å². The molecule has 0 aromatic carbocycles. The molecule has 0 heteroatoms. The van der Waals surface area contributed by atoms with Gasteiger partial charge in [0, 0.05) is 0 Å². The van der Waals surface area contributed by atoms with E-state index in [4.69, 9.17) is 0 Å². The molecule has 0 fully saturated rings. The summed E-state index contributed by atoms with van der Waals surface area (Å²) in [6.45, 7) is 7.00. The molecule has 0 aromatic rings. The van der Waals surface area contributed by atoms with Crippen molar-refractivity contribution in [1.82, 2.24) is 0 Å². The summed E-state index contributed by atoms with van der Waals surface area (Å²) >= 11 is 0. The molecule has 0 heterocycles. The number of rotatable bonds is 35. The summed E-state index contributed by atoms with van der Waals surface area (Å²) in [5.41, 5.74) is 0. The molecule has 0 N–H and O–H groups in total. The Labute approximate surface area is 251 Å². The van der Waals surface area contributed by atoms with Crippen LogP contribution in [0.1, 0.15) is 245 Å². The Bertz CT molecular complexity index is 365. The smallest absolute Gasteiger partial charge is 0.0414 e. The summed E-state index contributed by atoms with van der Waals surface area (Å²) in [5.74, 6) is 1.04. The highest BCUT2D eigenvalue weighted by atomic mass is 14.1. The summed E-state index contributed by atoms with van der Waals surface area (Å²) in [4.78, 5) is 0. The first-order chi connectivity index (χ1) is 19.3. The van der Waals surface area contributed by atoms with Crippen molar-refractivity contribution in [3.05, 3.63) is 0 Å². The van der Waals surface area contributed by atoms with E-state index in [2.05, 4.69) is 20.8 Å². The standard InChI is InChI=1S/C39H80/c1-4-7-10-12-14-16-18-20-22-24-26-28-30-32-34-37-39(36-9-6-3)38-35-33-31-29-27-25-23-21-19-17-15-13-11-8-5-2/h39H,4-38H2,1-3H3. The van der Waals surface area contributed by atoms with Crippen LogP contribution in [0.15, 0.2) is 0 Å². The van der Waals surface area contributed by atoms with Crippen LogP contribution < -0.4 is 0 Å². The summed E-state index contributed by atoms with van der Waals surface area (Å²) in [6.07, 6.45) is 51.8. The maximum absolute atomic E-state index is 2.37. The summed E-state index contributed by atoms with van der Waals surface area (Å²) in [6, 6.07) is 0. The molecule has 0 rings (SSSR count). The van der Waals surface area contributed by atoms with Gasteiger partial charge in [-0.25, -0.2) is 0 Å². The van der Waals surface area contributed by atoms with E-state index in [0.717, 1.165) is 5.92 Å². The van der Waals surface area contributed by atoms with E-state index in [9.17, 15) is 0 Å². The molecule has 0 nitrogen and oxygen atoms in total. The topological polar surface area (TPSA) is 0 Å². The van der Waals surface area contributed by atoms with Crippen molar-refractivity contribution in [2.45, 2.75) is 245 Å². The van der Waals surface area contributed by atoms with Crippen LogP contribution in [-0.2, 0) is 0 Å². The number of hydrogen-bond donors (Lipinski definition) is 0. The molecule has 39 heavy (non-hydrogen) atoms. The predicted molar refractivity (Wildman–Crippen MR) is 182 cm³/mol. The van der Waals surface area contributed by atoms with Crippen molar-refractivity contribution in [1.29, 1.82) is 0 Å². The molecule has 0 aliphatic rings. The minimum Gasteiger partial charge on any atom is -0.0654 e. The quantitative estimate of drug-likeness (QED) is 0.0691. The van der Waals surface area contributed by atoms with Crippen LogP contribution in [0, 0.1) is 5.92 Å². The Morgan fingerprint density at radius 1 is 0.205 bits per heavy atom. The van der Waals surface area contributed by atoms with Gasteiger partial charge in [-0.15, -0.1) is 0 Å². The Morgan fingerprint density at radius 2 is 0.385 bits per heavy atom. The molecule has 0 radical (unpaired) electrons. The zero-order chi connectivity index (χ0) is 28.3. The van der Waals surface area contributed by atoms with Crippen LogP contribution in [0.25, 0.3) is 0 Å². The average molecular weight is 549 g/mol. The SMILES string of the molecule is CCCCCCCCCCCCCCCCCC(CCCC)CCCCCCCCCCCCCCCCC. The third-order valence-electron chi connectivity index (χ3n) is 9.40. The number of unbranched alkanes of at least 4 members (excludes halogenated alkanes) is 29. The van der Waals surface area contributed by atoms with Gasteiger partial charge >= 0.3 is 0 Å². The minimum atomic E-state index is 1.04. The highest BCUT2D eigenvalue weighted by Gasteiger charge is 2.08. The molecular formula is C39H80. The lowest BCUT2D eigenvalue weighted by atomic mass is 9.90. The second kappa shape index (κ2) is 36.0. The first-order valence-electron chi connectivity index (χ1n) is 19.3. The van der Waals surface area contributed by atoms with Gasteiger partial charge in [-0.3, -0.25) is 0 Å². The molecule has 0 unspecified atom stereocenters. The summed E-state index contributed by atoms with van der Waals surface area (Å²) in [5, 5.41) is 0. The lowest BCUT2D eigenvalue weighted by Gasteiger charge is -2.16. The molecule has 0 spiro atoms. The van der Waals surface area contributed by atoms with E-state index in [1.165, 1.54) is 225 Å². The van der Waals surface area contributed by atoms with Crippen LogP contribution in [0.2, 0.25) is 0 Å². The van der Waals surface area contributed by atoms with Crippen molar-refractivity contribution in [2.24, 2.45) is 5.92 Å². The van der Waals surface area contributed by atoms with Gasteiger partial charge in [0.15, 0.2) is 0 Å². The Hall–Kier alpha value is 0. The Morgan fingerprint density at radius 3 is 0.615 bits per heavy atom. The van der Waals surface area contributed by atoms with Gasteiger partial charge in [-0.1, -0.05) is 245 Å². The summed E-state index contributed by atoms with van der Waals surface area (Å²) < 4.78 is 0. The lowest BCUT2D eigenvalue weighted by Crippen LogP contribution is -2.01. The zero-order valence-electron chi connectivity index (χ0n) is 28.3. The number of hydrogen-bond acceptors (Lipinski definition) is 0. The van der Waals surface area contributed by atoms with Gasteiger partial charge in [-0.2, -0.15) is 0 Å². The third kappa shape index (κ3) is 34.1. The zero-order valence-corrected chi connectivity index (χ0v) is 28.3. The fourth-order valence-electron chi connectivity index (χ4n) is 6.53. The average Bonchev–Trinajstić information content (AvgIpc) is 2.95. The molecule has 0 amide bonds. The molecule has 236 valence electrons. The van der Waals surface area contributed by atoms with Crippen molar-refractivity contribution in [2.75, 3.05) is 0 Å². The maximum atomic E-state index is 2.37. The van der Waals surface area contributed by atoms with E-state index < -0.39 is 0 Å². The van der Waals surface area contributed by atoms with E-state index in [1.54, 1.807) is 0 Å². The molecule has 0 aliphatic carbocycles. The van der Waals surface area contributed by atoms with Crippen molar-refractivity contribution in [3.8, 4) is 0 Å². The maximum Gasteiger partial charge on any atom is -0.0414 e. The molecule has 0 saturated carbocycles. The van der Waals surface area contributed by atoms with Crippen LogP contribution in [0.4, 0.5) is 0 Å². The Balaban J connectivity index is 3.45. The minimum absolute atomic E-state index is 1.04. The van der Waals surface area contributed by atoms with Crippen LogP contribution in [0.5, 0.6) is 0 Å². The molecule has 0 bridgehead atoms. The predicted octanol–water partition coefficient (Wildman–Crippen LogP) is 15.3. The highest BCUT2D eigenvalue weighted by Crippen LogP contribution is 2.24. The van der Waals surface area contributed by atoms with E-state index >= 15 is 0 Å². The van der Waals surface area contributed by atoms with Crippen LogP contribution in [-0.4, -0.2) is 0 Å². The van der Waals surface area contributed by atoms with Gasteiger partial charge in [-0.05, 0) is 5.92 Å². The molecule has 0 aliphatic heterocycles. The fraction of sp³-hybridized carbons (Fsp3) is 1.00. The van der Waals surface area contributed by atoms with Crippen LogP contribution >= 0.6 is 0 Å². The molecule has 0 saturated heterocycles. The normalized spacial score (nSPS) is 11.7. The monoisotopic (exact) mass is 549 g/mol. The van der Waals surface area contributed by atoms with E-state index in [1.807, 2.05) is 0 Å². The fourth-order valence-corrected chi connectivity index (χ4v) is 6.53. The molecule has 0 aromatic heterocycles. The highest BCUT2D eigenvalue weighted by molar-refractivity contribution is 4.62. The van der Waals surface area contributed by atoms with Crippen LogP contribution in [0.3, 0.4) is 0 Å². The third-order valence-corrected chi connectivity index (χ3v) is 9.40. The van der Waals surface area contributed by atoms with E-state index in [-0.39, 0.29) is 0 Å². The Kier molecular flexibility index (Phi) is 36.0. The molecule has 0 atom stereocenters. The van der Waals surface area contributed by atoms with Crippen molar-refractivity contribution < 1.29 is 0 Å². The second-order valence-electron chi connectivity index (χ2n) is 13.5. The van der Waals surface area contributed by atoms with E-state index in [0.29, 0.717) is 0 Å². The van der Waals surface area contributed by atoms with Crippen molar-refractivity contribution >= 4 is 0 Å². The first-order valence-corrected chi connectivity index (χ1v) is 19.3. The molecular weight excluding hydrogens is 468 g/mol. The lowest BCUT2D eigenvalue weighted by molar-refractivity contribution is 0.370. The summed E-state index contributed by atoms with van der Waals surface area (Å²) in [7, 11) is 0. The van der Waals surface area contributed by atoms with Gasteiger partial charge in [0.05, 0.1) is 0 Å².